The molecule has 0 spiro atoms. The number of nitrogens with zero attached hydrogens (tertiary/aromatic N) is 6. The molecule has 8 bridgehead atoms. The number of hydrogen-bond donors (Lipinski definition) is 4. The Balaban J connectivity index is 1.47. The molecule has 4 N–H and O–H groups in total. The summed E-state index contributed by atoms with van der Waals surface area (Å²) < 4.78 is 0. The van der Waals surface area contributed by atoms with Gasteiger partial charge < -0.3 is 20.2 Å². The van der Waals surface area contributed by atoms with Crippen molar-refractivity contribution in [2.24, 2.45) is 0 Å². The summed E-state index contributed by atoms with van der Waals surface area (Å²) in [7, 11) is 0. The molecule has 9 rings (SSSR count). The fraction of sp³-hybridized carbons (Fsp3) is 0.111. The summed E-state index contributed by atoms with van der Waals surface area (Å²) in [5.74, 6) is 2.10. The standard InChI is InChI=1S/C36H26N8O2/c1-18(45)27(46)17-19-9-8-16-26-28(19)36-43-34-25-15-7-6-14-24(25)32(41-34)39-30-21-11-3-2-10-20(21)29(37-30)38-31-22-12-4-5-13-23(22)33(40-31)42-35(26)44-36/h2-16,18,27,45-46H,17H2,1H3,(H2,37,38,39,40,41,42,43,44). The van der Waals surface area contributed by atoms with E-state index in [0.717, 1.165) is 49.4 Å². The Morgan fingerprint density at radius 3 is 1.41 bits per heavy atom. The van der Waals surface area contributed by atoms with Gasteiger partial charge in [-0.25, -0.2) is 29.9 Å². The summed E-state index contributed by atoms with van der Waals surface area (Å²) in [5.41, 5.74) is 6.66. The summed E-state index contributed by atoms with van der Waals surface area (Å²) in [6.07, 6.45) is -1.62. The van der Waals surface area contributed by atoms with Crippen molar-refractivity contribution in [3.8, 4) is 45.6 Å². The van der Waals surface area contributed by atoms with E-state index in [-0.39, 0.29) is 6.42 Å². The second-order valence-corrected chi connectivity index (χ2v) is 11.6. The van der Waals surface area contributed by atoms with Crippen molar-refractivity contribution in [3.63, 3.8) is 0 Å². The average Bonchev–Trinajstić information content (AvgIpc) is 3.81. The number of rotatable bonds is 3. The lowest BCUT2D eigenvalue weighted by atomic mass is 10.0. The van der Waals surface area contributed by atoms with Crippen molar-refractivity contribution in [1.82, 2.24) is 39.9 Å². The number of aromatic nitrogens is 8. The molecule has 2 unspecified atom stereocenters. The summed E-state index contributed by atoms with van der Waals surface area (Å²) in [4.78, 5) is 36.9. The van der Waals surface area contributed by atoms with E-state index in [4.69, 9.17) is 29.9 Å². The maximum Gasteiger partial charge on any atom is 0.164 e. The van der Waals surface area contributed by atoms with E-state index in [1.807, 2.05) is 91.0 Å². The number of H-pyrrole nitrogens is 2. The van der Waals surface area contributed by atoms with Crippen LogP contribution >= 0.6 is 0 Å². The van der Waals surface area contributed by atoms with Gasteiger partial charge in [0.25, 0.3) is 0 Å². The minimum atomic E-state index is -0.955. The third kappa shape index (κ3) is 4.12. The van der Waals surface area contributed by atoms with Gasteiger partial charge in [0, 0.05) is 50.2 Å². The van der Waals surface area contributed by atoms with Gasteiger partial charge in [0.1, 0.15) is 22.6 Å². The zero-order valence-electron chi connectivity index (χ0n) is 24.6. The molecule has 222 valence electrons. The van der Waals surface area contributed by atoms with Gasteiger partial charge in [0.15, 0.2) is 23.3 Å². The maximum atomic E-state index is 10.7. The number of nitrogens with one attached hydrogen (secondary N) is 2. The highest BCUT2D eigenvalue weighted by atomic mass is 16.3. The van der Waals surface area contributed by atoms with Crippen LogP contribution in [0.25, 0.3) is 89.7 Å². The van der Waals surface area contributed by atoms with Gasteiger partial charge >= 0.3 is 0 Å². The normalized spacial score (nSPS) is 13.5. The van der Waals surface area contributed by atoms with Crippen LogP contribution in [-0.4, -0.2) is 62.3 Å². The third-order valence-corrected chi connectivity index (χ3v) is 8.65. The van der Waals surface area contributed by atoms with Crippen molar-refractivity contribution < 1.29 is 10.2 Å². The molecule has 0 fully saturated rings. The van der Waals surface area contributed by atoms with Gasteiger partial charge in [-0.3, -0.25) is 0 Å². The first-order chi connectivity index (χ1) is 22.5. The van der Waals surface area contributed by atoms with Crippen LogP contribution in [0, 0.1) is 0 Å². The molecule has 0 saturated heterocycles. The number of benzene rings is 4. The first-order valence-electron chi connectivity index (χ1n) is 15.1. The Morgan fingerprint density at radius 1 is 0.500 bits per heavy atom. The zero-order chi connectivity index (χ0) is 30.9. The molecule has 3 aromatic heterocycles. The molecular weight excluding hydrogens is 576 g/mol. The monoisotopic (exact) mass is 602 g/mol. The largest absolute Gasteiger partial charge is 0.391 e. The SMILES string of the molecule is CC(O)C(O)Cc1cccc2c3nc4nc(nc5[nH]c(nc6nc(nc([nH]3)c12)-c1ccccc1-6)c1ccccc51)-c1ccccc1-4. The fourth-order valence-electron chi connectivity index (χ4n) is 6.33. The summed E-state index contributed by atoms with van der Waals surface area (Å²) in [6, 6.07) is 29.6. The lowest BCUT2D eigenvalue weighted by molar-refractivity contribution is 0.0322. The van der Waals surface area contributed by atoms with Crippen LogP contribution in [0.4, 0.5) is 0 Å². The van der Waals surface area contributed by atoms with Crippen LogP contribution in [0.1, 0.15) is 12.5 Å². The molecule has 2 atom stereocenters. The van der Waals surface area contributed by atoms with Crippen LogP contribution in [0.5, 0.6) is 0 Å². The van der Waals surface area contributed by atoms with Gasteiger partial charge in [-0.1, -0.05) is 91.0 Å². The highest BCUT2D eigenvalue weighted by Gasteiger charge is 2.23. The molecule has 0 amide bonds. The molecule has 10 nitrogen and oxygen atoms in total. The summed E-state index contributed by atoms with van der Waals surface area (Å²) in [5, 5.41) is 24.2. The average molecular weight is 603 g/mol. The second-order valence-electron chi connectivity index (χ2n) is 11.6. The van der Waals surface area contributed by atoms with E-state index in [9.17, 15) is 10.2 Å². The van der Waals surface area contributed by atoms with E-state index in [1.165, 1.54) is 0 Å². The Hall–Kier alpha value is -5.84. The molecule has 5 heterocycles. The van der Waals surface area contributed by atoms with Crippen LogP contribution in [0.2, 0.25) is 0 Å². The van der Waals surface area contributed by atoms with Crippen LogP contribution in [0.3, 0.4) is 0 Å². The predicted molar refractivity (Wildman–Crippen MR) is 177 cm³/mol. The smallest absolute Gasteiger partial charge is 0.164 e. The molecule has 0 saturated carbocycles. The van der Waals surface area contributed by atoms with Crippen LogP contribution in [0.15, 0.2) is 91.0 Å². The molecule has 46 heavy (non-hydrogen) atoms. The van der Waals surface area contributed by atoms with Crippen LogP contribution < -0.4 is 0 Å². The Labute approximate surface area is 261 Å². The number of fused-ring (bicyclic) bond motifs is 20. The minimum Gasteiger partial charge on any atom is -0.391 e. The van der Waals surface area contributed by atoms with E-state index in [0.29, 0.717) is 45.9 Å². The quantitative estimate of drug-likeness (QED) is 0.188. The molecule has 2 aliphatic heterocycles. The van der Waals surface area contributed by atoms with E-state index < -0.39 is 12.2 Å². The molecule has 7 aromatic rings. The molecule has 0 aliphatic carbocycles. The topological polar surface area (TPSA) is 149 Å². The Kier molecular flexibility index (Phi) is 5.83. The van der Waals surface area contributed by atoms with Gasteiger partial charge in [0.05, 0.1) is 12.2 Å². The van der Waals surface area contributed by atoms with Crippen molar-refractivity contribution in [3.05, 3.63) is 96.6 Å². The lowest BCUT2D eigenvalue weighted by Crippen LogP contribution is -2.24. The fourth-order valence-corrected chi connectivity index (χ4v) is 6.33. The molecule has 2 aliphatic rings. The number of aliphatic hydroxyl groups excluding tert-OH is 2. The van der Waals surface area contributed by atoms with E-state index in [1.54, 1.807) is 6.92 Å². The molecular formula is C36H26N8O2. The molecule has 10 heteroatoms. The van der Waals surface area contributed by atoms with Gasteiger partial charge in [-0.15, -0.1) is 0 Å². The Bertz CT molecular complexity index is 2530. The van der Waals surface area contributed by atoms with Crippen molar-refractivity contribution in [2.45, 2.75) is 25.6 Å². The first kappa shape index (κ1) is 26.6. The van der Waals surface area contributed by atoms with Crippen molar-refractivity contribution in [2.75, 3.05) is 0 Å². The van der Waals surface area contributed by atoms with Gasteiger partial charge in [0.2, 0.25) is 0 Å². The van der Waals surface area contributed by atoms with Gasteiger partial charge in [-0.05, 0) is 12.5 Å². The molecule has 4 aromatic carbocycles. The lowest BCUT2D eigenvalue weighted by Gasteiger charge is -2.14. The van der Waals surface area contributed by atoms with Crippen molar-refractivity contribution >= 4 is 44.1 Å². The number of aromatic amines is 2. The summed E-state index contributed by atoms with van der Waals surface area (Å²) in [6.45, 7) is 1.58. The minimum absolute atomic E-state index is 0.229. The number of hydrogen-bond acceptors (Lipinski definition) is 8. The van der Waals surface area contributed by atoms with E-state index in [2.05, 4.69) is 9.97 Å². The third-order valence-electron chi connectivity index (χ3n) is 8.65. The summed E-state index contributed by atoms with van der Waals surface area (Å²) >= 11 is 0. The zero-order valence-corrected chi connectivity index (χ0v) is 24.6. The second kappa shape index (κ2) is 10.1. The van der Waals surface area contributed by atoms with Crippen LogP contribution in [-0.2, 0) is 6.42 Å². The first-order valence-corrected chi connectivity index (χ1v) is 15.1. The maximum absolute atomic E-state index is 10.7. The molecule has 0 radical (unpaired) electrons. The number of aliphatic hydroxyl groups is 2. The highest BCUT2D eigenvalue weighted by Crippen LogP contribution is 2.37. The van der Waals surface area contributed by atoms with Crippen molar-refractivity contribution in [1.29, 1.82) is 0 Å². The van der Waals surface area contributed by atoms with Gasteiger partial charge in [-0.2, -0.15) is 0 Å². The Morgan fingerprint density at radius 2 is 0.913 bits per heavy atom. The predicted octanol–water partition coefficient (Wildman–Crippen LogP) is 6.15. The highest BCUT2D eigenvalue weighted by molar-refractivity contribution is 6.07. The van der Waals surface area contributed by atoms with E-state index >= 15 is 0 Å².